The fourth-order valence-electron chi connectivity index (χ4n) is 5.44. The number of aromatic nitrogens is 8. The number of aryl methyl sites for hydroxylation is 1. The third kappa shape index (κ3) is 5.15. The molecule has 6 heterocycles. The molecular weight excluding hydrogens is 546 g/mol. The molecule has 222 valence electrons. The number of anilines is 2. The van der Waals surface area contributed by atoms with Crippen LogP contribution in [-0.4, -0.2) is 77.2 Å². The van der Waals surface area contributed by atoms with Crippen molar-refractivity contribution in [2.75, 3.05) is 38.7 Å². The highest BCUT2D eigenvalue weighted by atomic mass is 19.3. The minimum Gasteiger partial charge on any atom is -0.451 e. The molecule has 0 aliphatic carbocycles. The van der Waals surface area contributed by atoms with Crippen LogP contribution in [0.3, 0.4) is 0 Å². The highest BCUT2D eigenvalue weighted by molar-refractivity contribution is 5.82. The molecule has 14 heteroatoms. The summed E-state index contributed by atoms with van der Waals surface area (Å²) in [7, 11) is 3.38. The van der Waals surface area contributed by atoms with Crippen LogP contribution in [0, 0.1) is 0 Å². The third-order valence-electron chi connectivity index (χ3n) is 7.58. The zero-order valence-corrected chi connectivity index (χ0v) is 24.3. The van der Waals surface area contributed by atoms with Crippen molar-refractivity contribution in [3.05, 3.63) is 48.3 Å². The number of likely N-dealkylation sites (tertiary alicyclic amines) is 1. The Kier molecular flexibility index (Phi) is 7.27. The van der Waals surface area contributed by atoms with Gasteiger partial charge in [-0.1, -0.05) is 20.8 Å². The number of alkyl halides is 2. The molecule has 12 nitrogen and oxygen atoms in total. The Labute approximate surface area is 241 Å². The SMILES string of the molecule is COCCN1CC[C@@H](n2nc(Nc3nc4ncc(Oc5cnn6ccncc56)c(C(F)F)c4n3C)cc2C(C)(C)C)C1. The first-order chi connectivity index (χ1) is 20.1. The Morgan fingerprint density at radius 2 is 2.00 bits per heavy atom. The van der Waals surface area contributed by atoms with E-state index in [2.05, 4.69) is 55.7 Å². The molecule has 1 aliphatic heterocycles. The summed E-state index contributed by atoms with van der Waals surface area (Å²) in [6.45, 7) is 9.88. The van der Waals surface area contributed by atoms with Crippen LogP contribution in [-0.2, 0) is 17.2 Å². The number of pyridine rings is 1. The predicted molar refractivity (Wildman–Crippen MR) is 153 cm³/mol. The lowest BCUT2D eigenvalue weighted by molar-refractivity contribution is 0.149. The Bertz CT molecular complexity index is 1720. The van der Waals surface area contributed by atoms with Gasteiger partial charge in [0.05, 0.1) is 36.8 Å². The number of nitrogens with zero attached hydrogens (tertiary/aromatic N) is 9. The maximum atomic E-state index is 14.6. The molecule has 0 aromatic carbocycles. The van der Waals surface area contributed by atoms with E-state index in [0.717, 1.165) is 31.7 Å². The van der Waals surface area contributed by atoms with Gasteiger partial charge in [0.2, 0.25) is 5.95 Å². The highest BCUT2D eigenvalue weighted by Crippen LogP contribution is 2.39. The van der Waals surface area contributed by atoms with Crippen molar-refractivity contribution in [2.45, 2.75) is 45.1 Å². The quantitative estimate of drug-likeness (QED) is 0.261. The molecule has 0 amide bonds. The molecular formula is C28H34F2N10O2. The van der Waals surface area contributed by atoms with Gasteiger partial charge in [0.15, 0.2) is 23.0 Å². The molecule has 1 atom stereocenters. The monoisotopic (exact) mass is 580 g/mol. The van der Waals surface area contributed by atoms with Crippen LogP contribution in [0.15, 0.2) is 37.1 Å². The average Bonchev–Trinajstić information content (AvgIpc) is 3.74. The highest BCUT2D eigenvalue weighted by Gasteiger charge is 2.31. The second kappa shape index (κ2) is 10.9. The Morgan fingerprint density at radius 1 is 1.17 bits per heavy atom. The van der Waals surface area contributed by atoms with Crippen molar-refractivity contribution >= 4 is 28.4 Å². The number of halogens is 2. The molecule has 1 saturated heterocycles. The van der Waals surface area contributed by atoms with Crippen molar-refractivity contribution < 1.29 is 18.3 Å². The molecule has 0 unspecified atom stereocenters. The standard InChI is InChI=1S/C28H34F2N10O2/c1-28(2,3)21-12-22(36-40(21)17-6-8-38(16-17)10-11-41-5)34-27-35-26-24(37(27)4)23(25(29)30)20(14-32-26)42-19-15-33-39-9-7-31-13-18(19)39/h7,9,12-15,17,25H,6,8,10-11,16H2,1-5H3,(H,32,34,35,36)/t17-/m1/s1. The van der Waals surface area contributed by atoms with Crippen molar-refractivity contribution in [1.82, 2.24) is 43.8 Å². The van der Waals surface area contributed by atoms with Crippen molar-refractivity contribution in [1.29, 1.82) is 0 Å². The minimum atomic E-state index is -2.84. The lowest BCUT2D eigenvalue weighted by Crippen LogP contribution is -2.27. The number of methoxy groups -OCH3 is 1. The van der Waals surface area contributed by atoms with Crippen molar-refractivity contribution in [2.24, 2.45) is 7.05 Å². The first-order valence-corrected chi connectivity index (χ1v) is 13.8. The zero-order valence-electron chi connectivity index (χ0n) is 24.3. The zero-order chi connectivity index (χ0) is 29.6. The van der Waals surface area contributed by atoms with E-state index in [1.54, 1.807) is 41.8 Å². The molecule has 0 saturated carbocycles. The van der Waals surface area contributed by atoms with Gasteiger partial charge >= 0.3 is 0 Å². The van der Waals surface area contributed by atoms with Crippen molar-refractivity contribution in [3.63, 3.8) is 0 Å². The number of fused-ring (bicyclic) bond motifs is 2. The normalized spacial score (nSPS) is 16.3. The number of ether oxygens (including phenoxy) is 2. The van der Waals surface area contributed by atoms with Gasteiger partial charge in [-0.25, -0.2) is 18.3 Å². The summed E-state index contributed by atoms with van der Waals surface area (Å²) in [6.07, 6.45) is 5.63. The lowest BCUT2D eigenvalue weighted by atomic mass is 9.91. The molecule has 1 fully saturated rings. The topological polar surface area (TPSA) is 112 Å². The van der Waals surface area contributed by atoms with E-state index in [-0.39, 0.29) is 33.9 Å². The van der Waals surface area contributed by atoms with E-state index in [1.807, 2.05) is 6.07 Å². The summed E-state index contributed by atoms with van der Waals surface area (Å²) < 4.78 is 45.5. The van der Waals surface area contributed by atoms with Gasteiger partial charge in [0.1, 0.15) is 11.0 Å². The van der Waals surface area contributed by atoms with E-state index in [1.165, 1.54) is 12.4 Å². The smallest absolute Gasteiger partial charge is 0.269 e. The van der Waals surface area contributed by atoms with E-state index in [0.29, 0.717) is 29.6 Å². The Hall–Kier alpha value is -4.17. The number of rotatable bonds is 9. The van der Waals surface area contributed by atoms with Crippen LogP contribution in [0.4, 0.5) is 20.5 Å². The van der Waals surface area contributed by atoms with Gasteiger partial charge in [-0.2, -0.15) is 15.2 Å². The Balaban J connectivity index is 1.33. The maximum absolute atomic E-state index is 14.6. The molecule has 5 aromatic rings. The first kappa shape index (κ1) is 28.0. The number of imidazole rings is 1. The maximum Gasteiger partial charge on any atom is 0.269 e. The lowest BCUT2D eigenvalue weighted by Gasteiger charge is -2.23. The predicted octanol–water partition coefficient (Wildman–Crippen LogP) is 4.87. The summed E-state index contributed by atoms with van der Waals surface area (Å²) in [5, 5.41) is 12.4. The average molecular weight is 581 g/mol. The van der Waals surface area contributed by atoms with Crippen LogP contribution < -0.4 is 10.1 Å². The van der Waals surface area contributed by atoms with Gasteiger partial charge < -0.3 is 19.4 Å². The van der Waals surface area contributed by atoms with Gasteiger partial charge in [-0.05, 0) is 6.42 Å². The summed E-state index contributed by atoms with van der Waals surface area (Å²) in [5.74, 6) is 1.14. The van der Waals surface area contributed by atoms with Crippen LogP contribution in [0.5, 0.6) is 11.5 Å². The summed E-state index contributed by atoms with van der Waals surface area (Å²) in [5.41, 5.74) is 1.48. The molecule has 0 bridgehead atoms. The summed E-state index contributed by atoms with van der Waals surface area (Å²) in [4.78, 5) is 15.3. The van der Waals surface area contributed by atoms with Crippen LogP contribution in [0.25, 0.3) is 16.7 Å². The first-order valence-electron chi connectivity index (χ1n) is 13.8. The number of hydrogen-bond donors (Lipinski definition) is 1. The molecule has 1 aliphatic rings. The molecule has 6 rings (SSSR count). The fraction of sp³-hybridized carbons (Fsp3) is 0.464. The molecule has 0 spiro atoms. The van der Waals surface area contributed by atoms with Gasteiger partial charge in [-0.15, -0.1) is 0 Å². The third-order valence-corrected chi connectivity index (χ3v) is 7.58. The van der Waals surface area contributed by atoms with Gasteiger partial charge in [0, 0.05) is 63.4 Å². The number of nitrogens with one attached hydrogen (secondary N) is 1. The van der Waals surface area contributed by atoms with Gasteiger partial charge in [-0.3, -0.25) is 14.6 Å². The van der Waals surface area contributed by atoms with E-state index in [4.69, 9.17) is 14.6 Å². The van der Waals surface area contributed by atoms with Crippen LogP contribution in [0.2, 0.25) is 0 Å². The van der Waals surface area contributed by atoms with Crippen molar-refractivity contribution in [3.8, 4) is 11.5 Å². The largest absolute Gasteiger partial charge is 0.451 e. The minimum absolute atomic E-state index is 0.0793. The molecule has 5 aromatic heterocycles. The van der Waals surface area contributed by atoms with E-state index in [9.17, 15) is 8.78 Å². The van der Waals surface area contributed by atoms with Crippen LogP contribution in [0.1, 0.15) is 50.9 Å². The molecule has 0 radical (unpaired) electrons. The van der Waals surface area contributed by atoms with E-state index >= 15 is 0 Å². The van der Waals surface area contributed by atoms with Gasteiger partial charge in [0.25, 0.3) is 6.43 Å². The fourth-order valence-corrected chi connectivity index (χ4v) is 5.44. The summed E-state index contributed by atoms with van der Waals surface area (Å²) in [6, 6.07) is 2.22. The second-order valence-corrected chi connectivity index (χ2v) is 11.5. The van der Waals surface area contributed by atoms with E-state index < -0.39 is 6.43 Å². The second-order valence-electron chi connectivity index (χ2n) is 11.5. The Morgan fingerprint density at radius 3 is 2.76 bits per heavy atom. The van der Waals surface area contributed by atoms with Crippen LogP contribution >= 0.6 is 0 Å². The molecule has 42 heavy (non-hydrogen) atoms. The molecule has 1 N–H and O–H groups in total. The number of hydrogen-bond acceptors (Lipinski definition) is 9. The summed E-state index contributed by atoms with van der Waals surface area (Å²) >= 11 is 0.